The summed E-state index contributed by atoms with van der Waals surface area (Å²) in [5, 5.41) is 2.62. The maximum atomic E-state index is 12.3. The number of halogens is 1. The summed E-state index contributed by atoms with van der Waals surface area (Å²) in [5.74, 6) is -0.944. The number of nitrogens with one attached hydrogen (secondary N) is 1. The molecule has 0 aliphatic rings. The molecule has 2 aromatic rings. The van der Waals surface area contributed by atoms with Crippen LogP contribution in [0.3, 0.4) is 0 Å². The topological polar surface area (TPSA) is 55.4 Å². The summed E-state index contributed by atoms with van der Waals surface area (Å²) in [6.45, 7) is 0. The number of esters is 1. The molecule has 0 radical (unpaired) electrons. The van der Waals surface area contributed by atoms with E-state index in [1.807, 2.05) is 42.5 Å². The Morgan fingerprint density at radius 1 is 1.05 bits per heavy atom. The summed E-state index contributed by atoms with van der Waals surface area (Å²) in [7, 11) is 1.28. The molecule has 22 heavy (non-hydrogen) atoms. The van der Waals surface area contributed by atoms with Gasteiger partial charge in [0.2, 0.25) is 0 Å². The van der Waals surface area contributed by atoms with Crippen LogP contribution in [0.5, 0.6) is 0 Å². The fraction of sp³-hybridized carbons (Fsp3) is 0.0588. The first-order valence-electron chi connectivity index (χ1n) is 6.52. The summed E-state index contributed by atoms with van der Waals surface area (Å²) in [5.41, 5.74) is 1.40. The first-order chi connectivity index (χ1) is 10.6. The largest absolute Gasteiger partial charge is 0.464 e. The number of amides is 1. The Morgan fingerprint density at radius 3 is 2.32 bits per heavy atom. The highest BCUT2D eigenvalue weighted by molar-refractivity contribution is 14.1. The number of carbonyl (C=O) groups excluding carboxylic acids is 2. The van der Waals surface area contributed by atoms with Crippen molar-refractivity contribution in [3.05, 3.63) is 75.0 Å². The average molecular weight is 407 g/mol. The lowest BCUT2D eigenvalue weighted by molar-refractivity contribution is -0.136. The highest BCUT2D eigenvalue weighted by Crippen LogP contribution is 2.13. The lowest BCUT2D eigenvalue weighted by atomic mass is 10.1. The SMILES string of the molecule is COC(=O)/C(=C\c1ccccc1)NC(=O)c1ccccc1I. The molecule has 112 valence electrons. The normalized spacial score (nSPS) is 10.9. The van der Waals surface area contributed by atoms with Crippen LogP contribution in [0.2, 0.25) is 0 Å². The van der Waals surface area contributed by atoms with Crippen molar-refractivity contribution >= 4 is 40.5 Å². The first-order valence-corrected chi connectivity index (χ1v) is 7.60. The van der Waals surface area contributed by atoms with Crippen molar-refractivity contribution in [1.82, 2.24) is 5.32 Å². The summed E-state index contributed by atoms with van der Waals surface area (Å²) in [6, 6.07) is 16.4. The predicted octanol–water partition coefficient (Wildman–Crippen LogP) is 3.24. The van der Waals surface area contributed by atoms with Crippen molar-refractivity contribution in [2.75, 3.05) is 7.11 Å². The van der Waals surface area contributed by atoms with Gasteiger partial charge < -0.3 is 10.1 Å². The van der Waals surface area contributed by atoms with Crippen LogP contribution in [0.25, 0.3) is 6.08 Å². The minimum absolute atomic E-state index is 0.0957. The zero-order chi connectivity index (χ0) is 15.9. The summed E-state index contributed by atoms with van der Waals surface area (Å²) in [6.07, 6.45) is 1.58. The minimum Gasteiger partial charge on any atom is -0.464 e. The van der Waals surface area contributed by atoms with E-state index in [4.69, 9.17) is 4.74 Å². The second-order valence-corrected chi connectivity index (χ2v) is 5.56. The number of methoxy groups -OCH3 is 1. The number of hydrogen-bond donors (Lipinski definition) is 1. The Kier molecular flexibility index (Phi) is 5.71. The number of carbonyl (C=O) groups is 2. The van der Waals surface area contributed by atoms with Crippen LogP contribution in [0.1, 0.15) is 15.9 Å². The van der Waals surface area contributed by atoms with Gasteiger partial charge >= 0.3 is 5.97 Å². The number of hydrogen-bond acceptors (Lipinski definition) is 3. The fourth-order valence-corrected chi connectivity index (χ4v) is 2.44. The van der Waals surface area contributed by atoms with Crippen LogP contribution in [-0.2, 0) is 9.53 Å². The van der Waals surface area contributed by atoms with E-state index in [0.29, 0.717) is 5.56 Å². The van der Waals surface area contributed by atoms with E-state index in [1.165, 1.54) is 7.11 Å². The molecule has 0 spiro atoms. The average Bonchev–Trinajstić information content (AvgIpc) is 2.54. The van der Waals surface area contributed by atoms with Crippen molar-refractivity contribution < 1.29 is 14.3 Å². The third-order valence-corrected chi connectivity index (χ3v) is 3.82. The summed E-state index contributed by atoms with van der Waals surface area (Å²) in [4.78, 5) is 24.2. The predicted molar refractivity (Wildman–Crippen MR) is 93.1 cm³/mol. The second kappa shape index (κ2) is 7.74. The van der Waals surface area contributed by atoms with E-state index in [-0.39, 0.29) is 11.6 Å². The second-order valence-electron chi connectivity index (χ2n) is 4.39. The monoisotopic (exact) mass is 407 g/mol. The molecular formula is C17H14INO3. The van der Waals surface area contributed by atoms with Gasteiger partial charge in [-0.2, -0.15) is 0 Å². The highest BCUT2D eigenvalue weighted by Gasteiger charge is 2.16. The molecule has 0 heterocycles. The fourth-order valence-electron chi connectivity index (χ4n) is 1.81. The van der Waals surface area contributed by atoms with E-state index in [2.05, 4.69) is 27.9 Å². The van der Waals surface area contributed by atoms with E-state index in [1.54, 1.807) is 18.2 Å². The first kappa shape index (κ1) is 16.2. The van der Waals surface area contributed by atoms with Crippen molar-refractivity contribution in [1.29, 1.82) is 0 Å². The molecule has 0 saturated heterocycles. The quantitative estimate of drug-likeness (QED) is 0.481. The molecule has 2 aromatic carbocycles. The molecule has 2 rings (SSSR count). The Hall–Kier alpha value is -2.15. The maximum absolute atomic E-state index is 12.3. The lowest BCUT2D eigenvalue weighted by Gasteiger charge is -2.09. The van der Waals surface area contributed by atoms with Gasteiger partial charge in [-0.3, -0.25) is 4.79 Å². The Balaban J connectivity index is 2.28. The highest BCUT2D eigenvalue weighted by atomic mass is 127. The van der Waals surface area contributed by atoms with Gasteiger partial charge in [0.15, 0.2) is 0 Å². The number of ether oxygens (including phenoxy) is 1. The van der Waals surface area contributed by atoms with Crippen LogP contribution < -0.4 is 5.32 Å². The molecular weight excluding hydrogens is 393 g/mol. The van der Waals surface area contributed by atoms with Gasteiger partial charge in [-0.25, -0.2) is 4.79 Å². The molecule has 0 aliphatic carbocycles. The molecule has 4 nitrogen and oxygen atoms in total. The zero-order valence-corrected chi connectivity index (χ0v) is 14.0. The standard InChI is InChI=1S/C17H14INO3/c1-22-17(21)15(11-12-7-3-2-4-8-12)19-16(20)13-9-5-6-10-14(13)18/h2-11H,1H3,(H,19,20)/b15-11+. The van der Waals surface area contributed by atoms with Crippen molar-refractivity contribution in [3.8, 4) is 0 Å². The molecule has 0 saturated carbocycles. The van der Waals surface area contributed by atoms with Crippen molar-refractivity contribution in [2.24, 2.45) is 0 Å². The van der Waals surface area contributed by atoms with Gasteiger partial charge in [0.1, 0.15) is 5.70 Å². The van der Waals surface area contributed by atoms with Crippen LogP contribution in [0.4, 0.5) is 0 Å². The molecule has 5 heteroatoms. The van der Waals surface area contributed by atoms with Crippen LogP contribution in [0.15, 0.2) is 60.3 Å². The van der Waals surface area contributed by atoms with Gasteiger partial charge in [-0.15, -0.1) is 0 Å². The van der Waals surface area contributed by atoms with Gasteiger partial charge in [0, 0.05) is 3.57 Å². The molecule has 0 unspecified atom stereocenters. The van der Waals surface area contributed by atoms with Gasteiger partial charge in [0.05, 0.1) is 12.7 Å². The van der Waals surface area contributed by atoms with Crippen LogP contribution in [0, 0.1) is 3.57 Å². The lowest BCUT2D eigenvalue weighted by Crippen LogP contribution is -2.28. The van der Waals surface area contributed by atoms with Crippen molar-refractivity contribution in [2.45, 2.75) is 0 Å². The molecule has 0 atom stereocenters. The Bertz CT molecular complexity index is 711. The third kappa shape index (κ3) is 4.17. The summed E-state index contributed by atoms with van der Waals surface area (Å²) >= 11 is 2.08. The third-order valence-electron chi connectivity index (χ3n) is 2.88. The molecule has 0 bridgehead atoms. The van der Waals surface area contributed by atoms with E-state index in [0.717, 1.165) is 9.13 Å². The zero-order valence-electron chi connectivity index (χ0n) is 11.9. The van der Waals surface area contributed by atoms with E-state index >= 15 is 0 Å². The molecule has 1 amide bonds. The smallest absolute Gasteiger partial charge is 0.354 e. The molecule has 1 N–H and O–H groups in total. The number of benzene rings is 2. The van der Waals surface area contributed by atoms with Crippen LogP contribution >= 0.6 is 22.6 Å². The van der Waals surface area contributed by atoms with Gasteiger partial charge in [-0.1, -0.05) is 42.5 Å². The minimum atomic E-state index is -0.594. The van der Waals surface area contributed by atoms with E-state index in [9.17, 15) is 9.59 Å². The Labute approximate surface area is 142 Å². The molecule has 0 fully saturated rings. The van der Waals surface area contributed by atoms with Crippen LogP contribution in [-0.4, -0.2) is 19.0 Å². The van der Waals surface area contributed by atoms with E-state index < -0.39 is 5.97 Å². The Morgan fingerprint density at radius 2 is 1.68 bits per heavy atom. The number of rotatable bonds is 4. The van der Waals surface area contributed by atoms with Gasteiger partial charge in [0.25, 0.3) is 5.91 Å². The van der Waals surface area contributed by atoms with Crippen molar-refractivity contribution in [3.63, 3.8) is 0 Å². The molecule has 0 aromatic heterocycles. The maximum Gasteiger partial charge on any atom is 0.354 e. The molecule has 0 aliphatic heterocycles. The summed E-state index contributed by atoms with van der Waals surface area (Å²) < 4.78 is 5.53. The van der Waals surface area contributed by atoms with Gasteiger partial charge in [-0.05, 0) is 46.4 Å².